The van der Waals surface area contributed by atoms with Gasteiger partial charge in [0.25, 0.3) is 0 Å². The molecule has 0 amide bonds. The van der Waals surface area contributed by atoms with Gasteiger partial charge in [-0.3, -0.25) is 4.90 Å². The minimum atomic E-state index is 0.415. The molecule has 108 valence electrons. The zero-order valence-corrected chi connectivity index (χ0v) is 13.0. The van der Waals surface area contributed by atoms with Crippen molar-refractivity contribution in [1.82, 2.24) is 4.90 Å². The van der Waals surface area contributed by atoms with E-state index in [9.17, 15) is 0 Å². The van der Waals surface area contributed by atoms with E-state index in [-0.39, 0.29) is 0 Å². The van der Waals surface area contributed by atoms with Crippen LogP contribution < -0.4 is 5.73 Å². The van der Waals surface area contributed by atoms with E-state index in [1.807, 2.05) is 0 Å². The topological polar surface area (TPSA) is 29.3 Å². The van der Waals surface area contributed by atoms with Gasteiger partial charge in [-0.05, 0) is 50.6 Å². The molecule has 0 bridgehead atoms. The fraction of sp³-hybridized carbons (Fsp3) is 1.00. The van der Waals surface area contributed by atoms with Gasteiger partial charge >= 0.3 is 0 Å². The summed E-state index contributed by atoms with van der Waals surface area (Å²) in [5.41, 5.74) is 6.35. The molecular formula is C16H34N2. The van der Waals surface area contributed by atoms with Crippen LogP contribution in [0.2, 0.25) is 0 Å². The van der Waals surface area contributed by atoms with Gasteiger partial charge in [-0.2, -0.15) is 0 Å². The summed E-state index contributed by atoms with van der Waals surface area (Å²) >= 11 is 0. The Bertz CT molecular complexity index is 201. The van der Waals surface area contributed by atoms with Gasteiger partial charge in [0.2, 0.25) is 0 Å². The molecule has 2 N–H and O–H groups in total. The van der Waals surface area contributed by atoms with Crippen molar-refractivity contribution in [3.63, 3.8) is 0 Å². The van der Waals surface area contributed by atoms with Crippen molar-refractivity contribution in [2.75, 3.05) is 13.1 Å². The van der Waals surface area contributed by atoms with E-state index < -0.39 is 0 Å². The monoisotopic (exact) mass is 254 g/mol. The highest BCUT2D eigenvalue weighted by molar-refractivity contribution is 4.86. The predicted molar refractivity (Wildman–Crippen MR) is 80.7 cm³/mol. The minimum Gasteiger partial charge on any atom is -0.326 e. The molecule has 0 aromatic carbocycles. The van der Waals surface area contributed by atoms with Gasteiger partial charge in [0.05, 0.1) is 0 Å². The molecular weight excluding hydrogens is 220 g/mol. The van der Waals surface area contributed by atoms with Gasteiger partial charge in [0, 0.05) is 12.1 Å². The fourth-order valence-corrected chi connectivity index (χ4v) is 2.88. The summed E-state index contributed by atoms with van der Waals surface area (Å²) in [7, 11) is 0. The SMILES string of the molecule is CC(C)CCN(CCC(C)C)C1CCCCC1N. The van der Waals surface area contributed by atoms with Crippen LogP contribution in [0.3, 0.4) is 0 Å². The van der Waals surface area contributed by atoms with Crippen LogP contribution in [0, 0.1) is 11.8 Å². The first-order valence-corrected chi connectivity index (χ1v) is 8.00. The Morgan fingerprint density at radius 3 is 1.89 bits per heavy atom. The average molecular weight is 254 g/mol. The maximum atomic E-state index is 6.35. The van der Waals surface area contributed by atoms with E-state index in [0.717, 1.165) is 11.8 Å². The van der Waals surface area contributed by atoms with Crippen LogP contribution in [0.1, 0.15) is 66.2 Å². The highest BCUT2D eigenvalue weighted by Gasteiger charge is 2.27. The summed E-state index contributed by atoms with van der Waals surface area (Å²) in [4.78, 5) is 2.70. The zero-order chi connectivity index (χ0) is 13.5. The number of nitrogens with zero attached hydrogens (tertiary/aromatic N) is 1. The molecule has 1 rings (SSSR count). The van der Waals surface area contributed by atoms with Gasteiger partial charge in [-0.1, -0.05) is 40.5 Å². The number of hydrogen-bond acceptors (Lipinski definition) is 2. The van der Waals surface area contributed by atoms with Crippen molar-refractivity contribution in [2.24, 2.45) is 17.6 Å². The summed E-state index contributed by atoms with van der Waals surface area (Å²) < 4.78 is 0. The van der Waals surface area contributed by atoms with Crippen molar-refractivity contribution in [2.45, 2.75) is 78.3 Å². The van der Waals surface area contributed by atoms with E-state index in [2.05, 4.69) is 32.6 Å². The second-order valence-electron chi connectivity index (χ2n) is 6.92. The molecule has 18 heavy (non-hydrogen) atoms. The third kappa shape index (κ3) is 5.71. The summed E-state index contributed by atoms with van der Waals surface area (Å²) in [6.07, 6.45) is 7.86. The minimum absolute atomic E-state index is 0.415. The molecule has 1 aliphatic carbocycles. The predicted octanol–water partition coefficient (Wildman–Crippen LogP) is 3.65. The first-order chi connectivity index (χ1) is 8.50. The van der Waals surface area contributed by atoms with E-state index in [1.54, 1.807) is 0 Å². The van der Waals surface area contributed by atoms with Crippen molar-refractivity contribution in [3.8, 4) is 0 Å². The standard InChI is InChI=1S/C16H34N2/c1-13(2)9-11-18(12-10-14(3)4)16-8-6-5-7-15(16)17/h13-16H,5-12,17H2,1-4H3. The highest BCUT2D eigenvalue weighted by Crippen LogP contribution is 2.23. The third-order valence-electron chi connectivity index (χ3n) is 4.24. The average Bonchev–Trinajstić information content (AvgIpc) is 2.30. The van der Waals surface area contributed by atoms with E-state index >= 15 is 0 Å². The molecule has 2 heteroatoms. The fourth-order valence-electron chi connectivity index (χ4n) is 2.88. The number of hydrogen-bond donors (Lipinski definition) is 1. The van der Waals surface area contributed by atoms with Crippen LogP contribution in [0.25, 0.3) is 0 Å². The molecule has 0 aromatic heterocycles. The van der Waals surface area contributed by atoms with Crippen LogP contribution in [-0.2, 0) is 0 Å². The van der Waals surface area contributed by atoms with Crippen LogP contribution in [0.5, 0.6) is 0 Å². The van der Waals surface area contributed by atoms with Crippen molar-refractivity contribution in [1.29, 1.82) is 0 Å². The Morgan fingerprint density at radius 1 is 0.944 bits per heavy atom. The van der Waals surface area contributed by atoms with Gasteiger partial charge in [-0.15, -0.1) is 0 Å². The van der Waals surface area contributed by atoms with Gasteiger partial charge in [-0.25, -0.2) is 0 Å². The first kappa shape index (κ1) is 16.0. The van der Waals surface area contributed by atoms with Crippen LogP contribution in [0.4, 0.5) is 0 Å². The lowest BCUT2D eigenvalue weighted by atomic mass is 9.89. The zero-order valence-electron chi connectivity index (χ0n) is 13.0. The largest absolute Gasteiger partial charge is 0.326 e. The quantitative estimate of drug-likeness (QED) is 0.751. The lowest BCUT2D eigenvalue weighted by Crippen LogP contribution is -2.50. The summed E-state index contributed by atoms with van der Waals surface area (Å²) in [5, 5.41) is 0. The molecule has 1 aliphatic rings. The maximum absolute atomic E-state index is 6.35. The van der Waals surface area contributed by atoms with Crippen molar-refractivity contribution in [3.05, 3.63) is 0 Å². The normalized spacial score (nSPS) is 25.3. The molecule has 0 radical (unpaired) electrons. The summed E-state index contributed by atoms with van der Waals surface area (Å²) in [6, 6.07) is 1.06. The van der Waals surface area contributed by atoms with Crippen LogP contribution in [-0.4, -0.2) is 30.1 Å². The second kappa shape index (κ2) is 8.16. The third-order valence-corrected chi connectivity index (χ3v) is 4.24. The molecule has 2 nitrogen and oxygen atoms in total. The maximum Gasteiger partial charge on any atom is 0.0247 e. The molecule has 2 atom stereocenters. The Morgan fingerprint density at radius 2 is 1.44 bits per heavy atom. The molecule has 1 saturated carbocycles. The second-order valence-corrected chi connectivity index (χ2v) is 6.92. The van der Waals surface area contributed by atoms with E-state index in [4.69, 9.17) is 5.73 Å². The van der Waals surface area contributed by atoms with Crippen molar-refractivity contribution < 1.29 is 0 Å². The Balaban J connectivity index is 2.50. The smallest absolute Gasteiger partial charge is 0.0247 e. The van der Waals surface area contributed by atoms with E-state index in [0.29, 0.717) is 12.1 Å². The lowest BCUT2D eigenvalue weighted by molar-refractivity contribution is 0.125. The van der Waals surface area contributed by atoms with Gasteiger partial charge in [0.1, 0.15) is 0 Å². The Kier molecular flexibility index (Phi) is 7.25. The molecule has 0 aliphatic heterocycles. The molecule has 1 fully saturated rings. The van der Waals surface area contributed by atoms with Crippen LogP contribution in [0.15, 0.2) is 0 Å². The first-order valence-electron chi connectivity index (χ1n) is 8.00. The van der Waals surface area contributed by atoms with Gasteiger partial charge in [0.15, 0.2) is 0 Å². The van der Waals surface area contributed by atoms with E-state index in [1.165, 1.54) is 51.6 Å². The lowest BCUT2D eigenvalue weighted by Gasteiger charge is -2.39. The molecule has 2 unspecified atom stereocenters. The molecule has 0 spiro atoms. The molecule has 0 heterocycles. The number of nitrogens with two attached hydrogens (primary N) is 1. The number of rotatable bonds is 7. The summed E-state index contributed by atoms with van der Waals surface area (Å²) in [6.45, 7) is 11.8. The highest BCUT2D eigenvalue weighted by atomic mass is 15.2. The van der Waals surface area contributed by atoms with Gasteiger partial charge < -0.3 is 5.73 Å². The Labute approximate surface area is 114 Å². The summed E-state index contributed by atoms with van der Waals surface area (Å²) in [5.74, 6) is 1.60. The van der Waals surface area contributed by atoms with Crippen LogP contribution >= 0.6 is 0 Å². The van der Waals surface area contributed by atoms with Crippen molar-refractivity contribution >= 4 is 0 Å². The molecule has 0 saturated heterocycles. The molecule has 0 aromatic rings. The Hall–Kier alpha value is -0.0800.